The lowest BCUT2D eigenvalue weighted by atomic mass is 10.0. The molecule has 10 heteroatoms. The molecule has 2 fully saturated rings. The van der Waals surface area contributed by atoms with E-state index in [0.29, 0.717) is 11.1 Å². The molecular formula is C21H19N3O6S. The summed E-state index contributed by atoms with van der Waals surface area (Å²) in [6.07, 6.45) is -1.17. The van der Waals surface area contributed by atoms with Crippen LogP contribution >= 0.6 is 0 Å². The van der Waals surface area contributed by atoms with Gasteiger partial charge in [0.15, 0.2) is 6.29 Å². The van der Waals surface area contributed by atoms with Crippen molar-refractivity contribution in [3.63, 3.8) is 0 Å². The van der Waals surface area contributed by atoms with Gasteiger partial charge < -0.3 is 9.47 Å². The molecule has 2 amide bonds. The Labute approximate surface area is 178 Å². The number of ether oxygens (including phenoxy) is 2. The molecule has 0 saturated carbocycles. The first-order valence-corrected chi connectivity index (χ1v) is 11.2. The van der Waals surface area contributed by atoms with E-state index >= 15 is 0 Å². The summed E-state index contributed by atoms with van der Waals surface area (Å²) in [6, 6.07) is 12.3. The van der Waals surface area contributed by atoms with Crippen LogP contribution in [0.4, 0.5) is 0 Å². The molecule has 3 atom stereocenters. The topological polar surface area (TPSA) is 114 Å². The molecule has 2 bridgehead atoms. The number of aryl methyl sites for hydroxylation is 1. The molecule has 2 aromatic carbocycles. The van der Waals surface area contributed by atoms with Gasteiger partial charge in [0.2, 0.25) is 0 Å². The molecule has 160 valence electrons. The number of hydrazone groups is 1. The average molecular weight is 441 g/mol. The van der Waals surface area contributed by atoms with Crippen LogP contribution in [0.1, 0.15) is 32.7 Å². The Balaban J connectivity index is 1.40. The van der Waals surface area contributed by atoms with Gasteiger partial charge in [-0.15, -0.1) is 0 Å². The Morgan fingerprint density at radius 3 is 2.32 bits per heavy atom. The van der Waals surface area contributed by atoms with Gasteiger partial charge in [0.25, 0.3) is 21.8 Å². The number of rotatable bonds is 4. The zero-order valence-electron chi connectivity index (χ0n) is 16.5. The second-order valence-electron chi connectivity index (χ2n) is 7.65. The van der Waals surface area contributed by atoms with Crippen LogP contribution < -0.4 is 4.83 Å². The van der Waals surface area contributed by atoms with Crippen LogP contribution in [0.25, 0.3) is 0 Å². The van der Waals surface area contributed by atoms with Crippen LogP contribution in [0.3, 0.4) is 0 Å². The Bertz CT molecular complexity index is 1170. The van der Waals surface area contributed by atoms with Crippen molar-refractivity contribution in [2.24, 2.45) is 5.10 Å². The van der Waals surface area contributed by atoms with E-state index < -0.39 is 40.3 Å². The van der Waals surface area contributed by atoms with E-state index in [4.69, 9.17) is 9.47 Å². The van der Waals surface area contributed by atoms with E-state index in [9.17, 15) is 18.0 Å². The fourth-order valence-corrected chi connectivity index (χ4v) is 4.83. The van der Waals surface area contributed by atoms with Crippen LogP contribution in [0, 0.1) is 6.92 Å². The Morgan fingerprint density at radius 1 is 1.03 bits per heavy atom. The fourth-order valence-electron chi connectivity index (χ4n) is 3.99. The molecule has 0 spiro atoms. The SMILES string of the molecule is Cc1ccc(S(=O)(=O)N/N=C2\C[C@H](N3C(=O)c4ccccc4C3=O)[C@@H]3CO[C@H]2O3)cc1. The summed E-state index contributed by atoms with van der Waals surface area (Å²) in [5.74, 6) is -0.807. The number of carbonyl (C=O) groups excluding carboxylic acids is 2. The molecule has 31 heavy (non-hydrogen) atoms. The normalized spacial score (nSPS) is 26.4. The highest BCUT2D eigenvalue weighted by atomic mass is 32.2. The van der Waals surface area contributed by atoms with Crippen molar-refractivity contribution >= 4 is 27.5 Å². The maximum Gasteiger partial charge on any atom is 0.276 e. The maximum atomic E-state index is 12.9. The quantitative estimate of drug-likeness (QED) is 0.567. The summed E-state index contributed by atoms with van der Waals surface area (Å²) in [5, 5.41) is 4.03. The minimum atomic E-state index is -3.89. The van der Waals surface area contributed by atoms with Crippen molar-refractivity contribution in [2.75, 3.05) is 6.61 Å². The van der Waals surface area contributed by atoms with Gasteiger partial charge in [0, 0.05) is 6.42 Å². The first-order chi connectivity index (χ1) is 14.8. The van der Waals surface area contributed by atoms with Crippen molar-refractivity contribution in [3.8, 4) is 0 Å². The predicted octanol–water partition coefficient (Wildman–Crippen LogP) is 1.44. The number of benzene rings is 2. The second kappa shape index (κ2) is 7.26. The van der Waals surface area contributed by atoms with Crippen LogP contribution in [-0.4, -0.2) is 55.9 Å². The summed E-state index contributed by atoms with van der Waals surface area (Å²) in [7, 11) is -3.89. The maximum absolute atomic E-state index is 12.9. The van der Waals surface area contributed by atoms with Gasteiger partial charge in [-0.25, -0.2) is 0 Å². The Hall–Kier alpha value is -3.08. The molecule has 3 aliphatic heterocycles. The number of hydrogen-bond acceptors (Lipinski definition) is 7. The van der Waals surface area contributed by atoms with E-state index in [-0.39, 0.29) is 23.6 Å². The van der Waals surface area contributed by atoms with Gasteiger partial charge in [-0.05, 0) is 31.2 Å². The minimum Gasteiger partial charge on any atom is -0.344 e. The van der Waals surface area contributed by atoms with Gasteiger partial charge in [-0.1, -0.05) is 29.8 Å². The van der Waals surface area contributed by atoms with E-state index in [2.05, 4.69) is 9.93 Å². The van der Waals surface area contributed by atoms with Crippen LogP contribution in [-0.2, 0) is 19.5 Å². The van der Waals surface area contributed by atoms with Gasteiger partial charge in [-0.2, -0.15) is 18.4 Å². The van der Waals surface area contributed by atoms with Crippen molar-refractivity contribution in [3.05, 3.63) is 65.2 Å². The van der Waals surface area contributed by atoms with Crippen LogP contribution in [0.15, 0.2) is 58.5 Å². The fraction of sp³-hybridized carbons (Fsp3) is 0.286. The summed E-state index contributed by atoms with van der Waals surface area (Å²) in [4.78, 5) is 29.2. The zero-order valence-corrected chi connectivity index (χ0v) is 17.3. The number of hydrogen-bond donors (Lipinski definition) is 1. The lowest BCUT2D eigenvalue weighted by Crippen LogP contribution is -2.52. The molecule has 0 unspecified atom stereocenters. The largest absolute Gasteiger partial charge is 0.344 e. The molecular weight excluding hydrogens is 422 g/mol. The van der Waals surface area contributed by atoms with Crippen LogP contribution in [0.5, 0.6) is 0 Å². The number of imide groups is 1. The highest BCUT2D eigenvalue weighted by Crippen LogP contribution is 2.34. The molecule has 1 N–H and O–H groups in total. The smallest absolute Gasteiger partial charge is 0.276 e. The van der Waals surface area contributed by atoms with Crippen LogP contribution in [0.2, 0.25) is 0 Å². The molecule has 9 nitrogen and oxygen atoms in total. The molecule has 2 aromatic rings. The van der Waals surface area contributed by atoms with Crippen molar-refractivity contribution in [1.82, 2.24) is 9.73 Å². The van der Waals surface area contributed by atoms with E-state index in [1.165, 1.54) is 17.0 Å². The lowest BCUT2D eigenvalue weighted by Gasteiger charge is -2.33. The third-order valence-electron chi connectivity index (χ3n) is 5.63. The van der Waals surface area contributed by atoms with Crippen molar-refractivity contribution in [2.45, 2.75) is 36.7 Å². The van der Waals surface area contributed by atoms with Gasteiger partial charge in [0.1, 0.15) is 6.10 Å². The standard InChI is InChI=1S/C21H19N3O6S/c1-12-6-8-13(9-7-12)31(27,28)23-22-16-10-17(18-11-29-21(16)30-18)24-19(25)14-4-2-3-5-15(14)20(24)26/h2-9,17-18,21,23H,10-11H2,1H3/b22-16+/t17-,18-,21-/m0/s1. The zero-order chi connectivity index (χ0) is 21.8. The van der Waals surface area contributed by atoms with Gasteiger partial charge in [0.05, 0.1) is 34.4 Å². The summed E-state index contributed by atoms with van der Waals surface area (Å²) in [6.45, 7) is 2.03. The highest BCUT2D eigenvalue weighted by Gasteiger charge is 2.50. The highest BCUT2D eigenvalue weighted by molar-refractivity contribution is 7.89. The van der Waals surface area contributed by atoms with Gasteiger partial charge >= 0.3 is 0 Å². The van der Waals surface area contributed by atoms with E-state index in [0.717, 1.165) is 5.56 Å². The number of fused-ring (bicyclic) bond motifs is 3. The monoisotopic (exact) mass is 441 g/mol. The van der Waals surface area contributed by atoms with E-state index in [1.54, 1.807) is 36.4 Å². The van der Waals surface area contributed by atoms with Gasteiger partial charge in [-0.3, -0.25) is 14.5 Å². The minimum absolute atomic E-state index is 0.0706. The first kappa shape index (κ1) is 19.9. The summed E-state index contributed by atoms with van der Waals surface area (Å²) >= 11 is 0. The number of amides is 2. The third-order valence-corrected chi connectivity index (χ3v) is 6.85. The second-order valence-corrected chi connectivity index (χ2v) is 9.31. The summed E-state index contributed by atoms with van der Waals surface area (Å²) < 4.78 is 36.5. The molecule has 5 rings (SSSR count). The Kier molecular flexibility index (Phi) is 4.65. The summed E-state index contributed by atoms with van der Waals surface area (Å²) in [5.41, 5.74) is 1.88. The molecule has 0 aliphatic carbocycles. The number of carbonyl (C=O) groups is 2. The predicted molar refractivity (Wildman–Crippen MR) is 109 cm³/mol. The number of nitrogens with one attached hydrogen (secondary N) is 1. The third kappa shape index (κ3) is 3.32. The van der Waals surface area contributed by atoms with E-state index in [1.807, 2.05) is 6.92 Å². The molecule has 0 radical (unpaired) electrons. The number of nitrogens with zero attached hydrogens (tertiary/aromatic N) is 2. The number of sulfonamides is 1. The Morgan fingerprint density at radius 2 is 1.68 bits per heavy atom. The molecule has 0 aromatic heterocycles. The molecule has 3 aliphatic rings. The molecule has 2 saturated heterocycles. The van der Waals surface area contributed by atoms with Crippen molar-refractivity contribution < 1.29 is 27.5 Å². The molecule has 3 heterocycles. The first-order valence-electron chi connectivity index (χ1n) is 9.74. The lowest BCUT2D eigenvalue weighted by molar-refractivity contribution is -0.0376. The van der Waals surface area contributed by atoms with Crippen molar-refractivity contribution in [1.29, 1.82) is 0 Å². The average Bonchev–Trinajstić information content (AvgIpc) is 3.29.